The summed E-state index contributed by atoms with van der Waals surface area (Å²) in [5, 5.41) is 43.9. The second kappa shape index (κ2) is 21.1. The molecule has 1 aromatic carbocycles. The van der Waals surface area contributed by atoms with E-state index >= 15 is 0 Å². The molecule has 0 amide bonds. The van der Waals surface area contributed by atoms with E-state index in [0.29, 0.717) is 12.1 Å². The Labute approximate surface area is 316 Å². The molecule has 1 fully saturated rings. The van der Waals surface area contributed by atoms with Crippen molar-refractivity contribution in [2.24, 2.45) is 11.8 Å². The van der Waals surface area contributed by atoms with E-state index < -0.39 is 47.5 Å². The maximum atomic E-state index is 12.9. The Morgan fingerprint density at radius 1 is 1.21 bits per heavy atom. The first-order valence-corrected chi connectivity index (χ1v) is 18.5. The molecule has 0 aromatic heterocycles. The SMILES string of the molecule is CC[C@H](OC)[C@@H](C)[C@H]1O[C@@H]1C(NCc1ccc(Br)cc1)C(C)(O)/C=C/C=C(\C)[C@@H]1OC(=O)C[C@H](O)CC[C@@](C)(O)[C@@H](OC(C)=O)/C=C/[C@@H]1C.O=CO. The largest absolute Gasteiger partial charge is 0.483 e. The number of rotatable bonds is 13. The molecule has 292 valence electrons. The number of hydrogen-bond acceptors (Lipinski definition) is 11. The number of benzene rings is 1. The van der Waals surface area contributed by atoms with Crippen LogP contribution in [0.4, 0.5) is 0 Å². The van der Waals surface area contributed by atoms with E-state index in [0.717, 1.165) is 16.5 Å². The van der Waals surface area contributed by atoms with Crippen molar-refractivity contribution in [3.8, 4) is 0 Å². The minimum atomic E-state index is -1.45. The molecule has 0 bridgehead atoms. The van der Waals surface area contributed by atoms with Crippen molar-refractivity contribution in [1.29, 1.82) is 0 Å². The zero-order valence-corrected chi connectivity index (χ0v) is 33.1. The molecule has 1 saturated heterocycles. The maximum absolute atomic E-state index is 12.9. The van der Waals surface area contributed by atoms with Crippen LogP contribution in [0.2, 0.25) is 0 Å². The van der Waals surface area contributed by atoms with Crippen LogP contribution >= 0.6 is 15.9 Å². The predicted molar refractivity (Wildman–Crippen MR) is 200 cm³/mol. The molecule has 0 aliphatic carbocycles. The number of esters is 2. The zero-order chi connectivity index (χ0) is 39.2. The molecule has 13 heteroatoms. The number of aliphatic hydroxyl groups is 3. The van der Waals surface area contributed by atoms with E-state index in [4.69, 9.17) is 28.8 Å². The molecular formula is C39H58BrNO11. The molecule has 0 saturated carbocycles. The van der Waals surface area contributed by atoms with E-state index in [1.165, 1.54) is 6.92 Å². The third-order valence-electron chi connectivity index (χ3n) is 9.63. The number of cyclic esters (lactones) is 1. The molecule has 0 radical (unpaired) electrons. The standard InChI is InChI=1S/C38H56BrNO9.CH2O2/c1-9-30(46-8)25(4)34-35(49-34)36(40-22-27-13-15-28(39)16-14-27)38(7,45)19-10-11-23(2)33-24(3)12-17-31(47-26(5)41)37(6,44)20-18-29(42)21-32(43)48-33;2-1-3/h10-17,19,24-25,29-31,33-36,40,42,44-45H,9,18,20-22H2,1-8H3;1H,(H,2,3)/b17-12+,19-10+,23-11+;/t24-,25+,29+,30-,31-,33-,34+,35-,36?,37+,38?;/m0./s1. The van der Waals surface area contributed by atoms with Gasteiger partial charge in [0.1, 0.15) is 23.9 Å². The maximum Gasteiger partial charge on any atom is 0.309 e. The predicted octanol–water partition coefficient (Wildman–Crippen LogP) is 5.02. The Morgan fingerprint density at radius 2 is 1.85 bits per heavy atom. The van der Waals surface area contributed by atoms with Gasteiger partial charge in [0.25, 0.3) is 6.47 Å². The van der Waals surface area contributed by atoms with Crippen LogP contribution in [-0.2, 0) is 39.9 Å². The summed E-state index contributed by atoms with van der Waals surface area (Å²) in [6, 6.07) is 7.55. The van der Waals surface area contributed by atoms with Crippen LogP contribution in [0.3, 0.4) is 0 Å². The number of aliphatic hydroxyl groups excluding tert-OH is 1. The smallest absolute Gasteiger partial charge is 0.309 e. The van der Waals surface area contributed by atoms with Gasteiger partial charge in [0.2, 0.25) is 0 Å². The van der Waals surface area contributed by atoms with Gasteiger partial charge in [-0.05, 0) is 69.4 Å². The fourth-order valence-corrected chi connectivity index (χ4v) is 6.76. The van der Waals surface area contributed by atoms with Crippen molar-refractivity contribution in [3.63, 3.8) is 0 Å². The van der Waals surface area contributed by atoms with Crippen LogP contribution in [0.25, 0.3) is 0 Å². The summed E-state index contributed by atoms with van der Waals surface area (Å²) in [6.45, 7) is 12.7. The number of methoxy groups -OCH3 is 1. The van der Waals surface area contributed by atoms with E-state index in [9.17, 15) is 24.9 Å². The summed E-state index contributed by atoms with van der Waals surface area (Å²) in [5.74, 6) is -1.36. The zero-order valence-electron chi connectivity index (χ0n) is 31.5. The molecule has 1 aromatic rings. The van der Waals surface area contributed by atoms with Crippen molar-refractivity contribution in [2.45, 2.75) is 135 Å². The number of carbonyl (C=O) groups excluding carboxylic acids is 2. The summed E-state index contributed by atoms with van der Waals surface area (Å²) < 4.78 is 24.1. The quantitative estimate of drug-likeness (QED) is 0.0592. The summed E-state index contributed by atoms with van der Waals surface area (Å²) in [5.41, 5.74) is -1.03. The topological polar surface area (TPSA) is 184 Å². The van der Waals surface area contributed by atoms with Crippen LogP contribution in [0, 0.1) is 11.8 Å². The van der Waals surface area contributed by atoms with Crippen LogP contribution < -0.4 is 5.32 Å². The van der Waals surface area contributed by atoms with Crippen LogP contribution in [0.5, 0.6) is 0 Å². The van der Waals surface area contributed by atoms with Crippen molar-refractivity contribution in [2.75, 3.05) is 7.11 Å². The van der Waals surface area contributed by atoms with Crippen LogP contribution in [0.15, 0.2) is 64.7 Å². The lowest BCUT2D eigenvalue weighted by Gasteiger charge is -2.32. The van der Waals surface area contributed by atoms with E-state index in [1.54, 1.807) is 51.3 Å². The number of halogens is 1. The van der Waals surface area contributed by atoms with Crippen LogP contribution in [-0.4, -0.2) is 99.8 Å². The van der Waals surface area contributed by atoms with Gasteiger partial charge in [-0.25, -0.2) is 0 Å². The summed E-state index contributed by atoms with van der Waals surface area (Å²) in [7, 11) is 1.71. The first-order chi connectivity index (χ1) is 24.4. The molecule has 2 heterocycles. The molecule has 3 rings (SSSR count). The Kier molecular flexibility index (Phi) is 18.4. The van der Waals surface area contributed by atoms with Gasteiger partial charge in [0, 0.05) is 36.9 Å². The molecule has 12 nitrogen and oxygen atoms in total. The highest BCUT2D eigenvalue weighted by molar-refractivity contribution is 9.10. The highest BCUT2D eigenvalue weighted by Crippen LogP contribution is 2.39. The highest BCUT2D eigenvalue weighted by Gasteiger charge is 2.54. The average Bonchev–Trinajstić information content (AvgIpc) is 3.86. The fourth-order valence-electron chi connectivity index (χ4n) is 6.50. The normalized spacial score (nSPS) is 30.5. The fraction of sp³-hybridized carbons (Fsp3) is 0.615. The molecule has 5 N–H and O–H groups in total. The summed E-state index contributed by atoms with van der Waals surface area (Å²) >= 11 is 3.48. The molecule has 2 aliphatic rings. The third kappa shape index (κ3) is 14.1. The molecule has 2 unspecified atom stereocenters. The van der Waals surface area contributed by atoms with Crippen molar-refractivity contribution in [1.82, 2.24) is 5.32 Å². The minimum Gasteiger partial charge on any atom is -0.483 e. The number of carbonyl (C=O) groups is 3. The van der Waals surface area contributed by atoms with E-state index in [1.807, 2.05) is 38.1 Å². The summed E-state index contributed by atoms with van der Waals surface area (Å²) in [4.78, 5) is 33.1. The highest BCUT2D eigenvalue weighted by atomic mass is 79.9. The third-order valence-corrected chi connectivity index (χ3v) is 10.2. The van der Waals surface area contributed by atoms with Gasteiger partial charge in [-0.3, -0.25) is 14.4 Å². The monoisotopic (exact) mass is 795 g/mol. The lowest BCUT2D eigenvalue weighted by atomic mass is 9.87. The second-order valence-electron chi connectivity index (χ2n) is 14.1. The number of ether oxygens (including phenoxy) is 4. The lowest BCUT2D eigenvalue weighted by molar-refractivity contribution is -0.157. The molecule has 2 aliphatic heterocycles. The van der Waals surface area contributed by atoms with E-state index in [2.05, 4.69) is 35.1 Å². The summed E-state index contributed by atoms with van der Waals surface area (Å²) in [6.07, 6.45) is 6.44. The molecule has 11 atom stereocenters. The van der Waals surface area contributed by atoms with Gasteiger partial charge >= 0.3 is 11.9 Å². The number of nitrogens with one attached hydrogen (secondary N) is 1. The van der Waals surface area contributed by atoms with Gasteiger partial charge in [-0.15, -0.1) is 0 Å². The van der Waals surface area contributed by atoms with Crippen molar-refractivity contribution in [3.05, 3.63) is 70.3 Å². The first-order valence-electron chi connectivity index (χ1n) is 17.7. The van der Waals surface area contributed by atoms with Gasteiger partial charge in [-0.1, -0.05) is 73.1 Å². The number of allylic oxidation sites excluding steroid dienone is 2. The first kappa shape index (κ1) is 45.2. The second-order valence-corrected chi connectivity index (χ2v) is 15.0. The number of hydrogen-bond donors (Lipinski definition) is 5. The lowest BCUT2D eigenvalue weighted by Crippen LogP contribution is -2.52. The van der Waals surface area contributed by atoms with Crippen LogP contribution in [0.1, 0.15) is 79.7 Å². The van der Waals surface area contributed by atoms with Crippen molar-refractivity contribution < 1.29 is 53.8 Å². The number of carboxylic acid groups (broad SMARTS) is 1. The Hall–Kier alpha value is -2.91. The van der Waals surface area contributed by atoms with E-state index in [-0.39, 0.29) is 55.9 Å². The van der Waals surface area contributed by atoms with Gasteiger partial charge in [0.05, 0.1) is 36.4 Å². The average molecular weight is 797 g/mol. The minimum absolute atomic E-state index is 0.0365. The number of epoxide rings is 1. The molecule has 0 spiro atoms. The Bertz CT molecular complexity index is 1370. The molecule has 52 heavy (non-hydrogen) atoms. The van der Waals surface area contributed by atoms with Gasteiger partial charge in [-0.2, -0.15) is 0 Å². The Morgan fingerprint density at radius 3 is 2.42 bits per heavy atom. The van der Waals surface area contributed by atoms with Gasteiger partial charge < -0.3 is 44.7 Å². The molecular weight excluding hydrogens is 738 g/mol. The Balaban J connectivity index is 0.00000301. The van der Waals surface area contributed by atoms with Gasteiger partial charge in [0.15, 0.2) is 0 Å². The van der Waals surface area contributed by atoms with Crippen molar-refractivity contribution >= 4 is 34.3 Å².